The third-order valence-corrected chi connectivity index (χ3v) is 4.34. The van der Waals surface area contributed by atoms with Crippen LogP contribution in [0.4, 0.5) is 17.3 Å². The summed E-state index contributed by atoms with van der Waals surface area (Å²) in [5.74, 6) is 1.12. The molecule has 0 spiro atoms. The van der Waals surface area contributed by atoms with E-state index in [1.807, 2.05) is 24.3 Å². The molecule has 9 heteroatoms. The molecule has 0 bridgehead atoms. The van der Waals surface area contributed by atoms with Crippen LogP contribution in [0.2, 0.25) is 4.34 Å². The Bertz CT molecular complexity index is 824. The second-order valence-electron chi connectivity index (χ2n) is 4.96. The van der Waals surface area contributed by atoms with Crippen LogP contribution in [0.25, 0.3) is 0 Å². The number of thiophene rings is 1. The maximum absolute atomic E-state index is 11.9. The molecule has 3 aromatic rings. The molecule has 128 valence electrons. The molecule has 0 aliphatic rings. The summed E-state index contributed by atoms with van der Waals surface area (Å²) in [6.45, 7) is 1.00. The summed E-state index contributed by atoms with van der Waals surface area (Å²) in [6.07, 6.45) is 3.41. The van der Waals surface area contributed by atoms with E-state index in [9.17, 15) is 4.79 Å². The summed E-state index contributed by atoms with van der Waals surface area (Å²) in [5, 5.41) is 17.2. The van der Waals surface area contributed by atoms with Gasteiger partial charge in [0.2, 0.25) is 0 Å². The fourth-order valence-corrected chi connectivity index (χ4v) is 2.93. The van der Waals surface area contributed by atoms with Gasteiger partial charge in [0.15, 0.2) is 5.82 Å². The molecule has 3 rings (SSSR count). The topological polar surface area (TPSA) is 91.8 Å². The number of hydrogen-bond donors (Lipinski definition) is 3. The molecule has 7 nitrogen and oxygen atoms in total. The van der Waals surface area contributed by atoms with Gasteiger partial charge in [0.05, 0.1) is 21.1 Å². The highest BCUT2D eigenvalue weighted by Crippen LogP contribution is 2.21. The van der Waals surface area contributed by atoms with E-state index in [-0.39, 0.29) is 5.91 Å². The number of amides is 1. The molecular weight excluding hydrogens is 360 g/mol. The van der Waals surface area contributed by atoms with Crippen molar-refractivity contribution in [3.63, 3.8) is 0 Å². The second-order valence-corrected chi connectivity index (χ2v) is 6.67. The van der Waals surface area contributed by atoms with Gasteiger partial charge in [-0.2, -0.15) is 0 Å². The average Bonchev–Trinajstić information content (AvgIpc) is 3.07. The van der Waals surface area contributed by atoms with Gasteiger partial charge in [0, 0.05) is 19.3 Å². The van der Waals surface area contributed by atoms with Crippen LogP contribution in [0.5, 0.6) is 0 Å². The first kappa shape index (κ1) is 17.1. The Morgan fingerprint density at radius 1 is 1.08 bits per heavy atom. The van der Waals surface area contributed by atoms with E-state index >= 15 is 0 Å². The fraction of sp³-hybridized carbons (Fsp3) is 0.125. The zero-order chi connectivity index (χ0) is 17.5. The van der Waals surface area contributed by atoms with Gasteiger partial charge in [0.1, 0.15) is 5.82 Å². The number of halogens is 1. The summed E-state index contributed by atoms with van der Waals surface area (Å²) in [6, 6.07) is 10.8. The monoisotopic (exact) mass is 374 g/mol. The molecule has 0 saturated carbocycles. The number of pyridine rings is 1. The molecular formula is C16H15ClN6OS. The van der Waals surface area contributed by atoms with E-state index < -0.39 is 0 Å². The first-order valence-electron chi connectivity index (χ1n) is 7.49. The van der Waals surface area contributed by atoms with Crippen molar-refractivity contribution in [1.82, 2.24) is 20.5 Å². The van der Waals surface area contributed by atoms with Crippen molar-refractivity contribution in [2.24, 2.45) is 0 Å². The van der Waals surface area contributed by atoms with Crippen molar-refractivity contribution in [3.8, 4) is 0 Å². The van der Waals surface area contributed by atoms with Gasteiger partial charge in [-0.3, -0.25) is 9.78 Å². The minimum Gasteiger partial charge on any atom is -0.367 e. The van der Waals surface area contributed by atoms with Gasteiger partial charge in [-0.15, -0.1) is 21.5 Å². The minimum atomic E-state index is -0.138. The van der Waals surface area contributed by atoms with Crippen LogP contribution in [0.3, 0.4) is 0 Å². The molecule has 0 saturated heterocycles. The van der Waals surface area contributed by atoms with E-state index in [0.717, 1.165) is 5.69 Å². The second kappa shape index (κ2) is 8.41. The van der Waals surface area contributed by atoms with Crippen molar-refractivity contribution in [3.05, 3.63) is 58.0 Å². The van der Waals surface area contributed by atoms with Crippen LogP contribution in [0.1, 0.15) is 9.67 Å². The molecule has 0 radical (unpaired) electrons. The molecule has 0 aliphatic heterocycles. The van der Waals surface area contributed by atoms with Gasteiger partial charge in [-0.05, 0) is 36.4 Å². The van der Waals surface area contributed by atoms with Gasteiger partial charge >= 0.3 is 0 Å². The lowest BCUT2D eigenvalue weighted by molar-refractivity contribution is 0.0959. The minimum absolute atomic E-state index is 0.138. The van der Waals surface area contributed by atoms with E-state index in [2.05, 4.69) is 31.1 Å². The highest BCUT2D eigenvalue weighted by molar-refractivity contribution is 7.17. The highest BCUT2D eigenvalue weighted by Gasteiger charge is 2.07. The number of carbonyl (C=O) groups is 1. The number of nitrogens with zero attached hydrogens (tertiary/aromatic N) is 3. The molecule has 0 atom stereocenters. The average molecular weight is 375 g/mol. The number of aromatic nitrogens is 3. The van der Waals surface area contributed by atoms with Gasteiger partial charge in [-0.1, -0.05) is 11.6 Å². The van der Waals surface area contributed by atoms with Crippen LogP contribution in [-0.2, 0) is 0 Å². The third-order valence-electron chi connectivity index (χ3n) is 3.11. The fourth-order valence-electron chi connectivity index (χ4n) is 1.97. The zero-order valence-corrected chi connectivity index (χ0v) is 14.6. The van der Waals surface area contributed by atoms with Crippen LogP contribution < -0.4 is 16.0 Å². The van der Waals surface area contributed by atoms with Crippen molar-refractivity contribution in [2.45, 2.75) is 0 Å². The molecule has 25 heavy (non-hydrogen) atoms. The van der Waals surface area contributed by atoms with Gasteiger partial charge < -0.3 is 16.0 Å². The third kappa shape index (κ3) is 5.13. The maximum atomic E-state index is 11.9. The quantitative estimate of drug-likeness (QED) is 0.550. The molecule has 3 aromatic heterocycles. The number of nitrogens with one attached hydrogen (secondary N) is 3. The van der Waals surface area contributed by atoms with E-state index in [4.69, 9.17) is 11.6 Å². The van der Waals surface area contributed by atoms with E-state index in [0.29, 0.717) is 33.9 Å². The Labute approximate surface area is 153 Å². The molecule has 0 unspecified atom stereocenters. The lowest BCUT2D eigenvalue weighted by Crippen LogP contribution is -2.28. The first-order chi connectivity index (χ1) is 12.2. The van der Waals surface area contributed by atoms with E-state index in [1.165, 1.54) is 11.3 Å². The molecule has 3 N–H and O–H groups in total. The van der Waals surface area contributed by atoms with Crippen LogP contribution in [0.15, 0.2) is 48.8 Å². The van der Waals surface area contributed by atoms with E-state index in [1.54, 1.807) is 24.5 Å². The SMILES string of the molecule is O=C(NCCNc1ccc(Nc2cccnc2)nn1)c1ccc(Cl)s1. The molecule has 0 fully saturated rings. The summed E-state index contributed by atoms with van der Waals surface area (Å²) in [4.78, 5) is 16.5. The van der Waals surface area contributed by atoms with Crippen LogP contribution in [0, 0.1) is 0 Å². The van der Waals surface area contributed by atoms with Crippen LogP contribution in [-0.4, -0.2) is 34.2 Å². The lowest BCUT2D eigenvalue weighted by Gasteiger charge is -2.07. The number of rotatable bonds is 7. The number of hydrogen-bond acceptors (Lipinski definition) is 7. The maximum Gasteiger partial charge on any atom is 0.261 e. The zero-order valence-electron chi connectivity index (χ0n) is 13.1. The summed E-state index contributed by atoms with van der Waals surface area (Å²) >= 11 is 7.06. The molecule has 1 amide bonds. The Morgan fingerprint density at radius 3 is 2.60 bits per heavy atom. The van der Waals surface area contributed by atoms with Crippen molar-refractivity contribution >= 4 is 46.2 Å². The normalized spacial score (nSPS) is 10.3. The van der Waals surface area contributed by atoms with Gasteiger partial charge in [0.25, 0.3) is 5.91 Å². The number of carbonyl (C=O) groups excluding carboxylic acids is 1. The Balaban J connectivity index is 1.42. The molecule has 0 aromatic carbocycles. The van der Waals surface area contributed by atoms with Crippen molar-refractivity contribution in [2.75, 3.05) is 23.7 Å². The Hall–Kier alpha value is -2.71. The highest BCUT2D eigenvalue weighted by atomic mass is 35.5. The Kier molecular flexibility index (Phi) is 5.76. The van der Waals surface area contributed by atoms with Crippen molar-refractivity contribution in [1.29, 1.82) is 0 Å². The Morgan fingerprint density at radius 2 is 1.92 bits per heavy atom. The summed E-state index contributed by atoms with van der Waals surface area (Å²) in [5.41, 5.74) is 0.842. The van der Waals surface area contributed by atoms with Crippen LogP contribution >= 0.6 is 22.9 Å². The summed E-state index contributed by atoms with van der Waals surface area (Å²) < 4.78 is 0.596. The lowest BCUT2D eigenvalue weighted by atomic mass is 10.4. The van der Waals surface area contributed by atoms with Gasteiger partial charge in [-0.25, -0.2) is 0 Å². The molecule has 0 aliphatic carbocycles. The predicted octanol–water partition coefficient (Wildman–Crippen LogP) is 3.17. The van der Waals surface area contributed by atoms with Crippen molar-refractivity contribution < 1.29 is 4.79 Å². The standard InChI is InChI=1S/C16H15ClN6OS/c17-13-4-3-12(25-13)16(24)20-9-8-19-14-5-6-15(23-22-14)21-11-2-1-7-18-10-11/h1-7,10H,8-9H2,(H,19,22)(H,20,24)(H,21,23). The number of anilines is 3. The summed E-state index contributed by atoms with van der Waals surface area (Å²) in [7, 11) is 0. The predicted molar refractivity (Wildman–Crippen MR) is 99.7 cm³/mol. The first-order valence-corrected chi connectivity index (χ1v) is 8.68. The smallest absolute Gasteiger partial charge is 0.261 e. The largest absolute Gasteiger partial charge is 0.367 e. The molecule has 3 heterocycles.